The van der Waals surface area contributed by atoms with E-state index in [-0.39, 0.29) is 31.1 Å². The van der Waals surface area contributed by atoms with Crippen LogP contribution < -0.4 is 49.9 Å². The van der Waals surface area contributed by atoms with Crippen LogP contribution in [0.5, 0.6) is 0 Å². The molecule has 264 valence electrons. The fourth-order valence-electron chi connectivity index (χ4n) is 5.05. The second-order valence-electron chi connectivity index (χ2n) is 11.8. The van der Waals surface area contributed by atoms with E-state index < -0.39 is 36.2 Å². The van der Waals surface area contributed by atoms with Crippen molar-refractivity contribution < 1.29 is 14.4 Å². The Morgan fingerprint density at radius 3 is 1.94 bits per heavy atom. The highest BCUT2D eigenvalue weighted by Crippen LogP contribution is 2.20. The van der Waals surface area contributed by atoms with Crippen molar-refractivity contribution in [2.24, 2.45) is 33.7 Å². The number of amides is 3. The zero-order valence-corrected chi connectivity index (χ0v) is 28.4. The Bertz CT molecular complexity index is 1480. The number of halogens is 1. The van der Waals surface area contributed by atoms with Gasteiger partial charge >= 0.3 is 0 Å². The van der Waals surface area contributed by atoms with E-state index in [1.54, 1.807) is 24.3 Å². The van der Waals surface area contributed by atoms with Crippen LogP contribution in [-0.2, 0) is 27.2 Å². The number of benzene rings is 3. The summed E-state index contributed by atoms with van der Waals surface area (Å²) in [6, 6.07) is 22.0. The molecule has 0 spiro atoms. The second kappa shape index (κ2) is 20.8. The Morgan fingerprint density at radius 1 is 0.673 bits per heavy atom. The average molecular weight is 693 g/mol. The number of carbonyl (C=O) groups excluding carboxylic acids is 3. The molecule has 0 aromatic heterocycles. The third kappa shape index (κ3) is 14.6. The second-order valence-corrected chi connectivity index (χ2v) is 12.2. The highest BCUT2D eigenvalue weighted by Gasteiger charge is 2.28. The minimum atomic E-state index is -0.977. The van der Waals surface area contributed by atoms with Crippen LogP contribution in [0.4, 0.5) is 0 Å². The van der Waals surface area contributed by atoms with Gasteiger partial charge in [-0.15, -0.1) is 0 Å². The molecule has 0 fully saturated rings. The Balaban J connectivity index is 1.68. The van der Waals surface area contributed by atoms with Gasteiger partial charge in [-0.05, 0) is 73.0 Å². The molecule has 3 atom stereocenters. The van der Waals surface area contributed by atoms with E-state index in [4.69, 9.17) is 40.3 Å². The number of rotatable bonds is 20. The third-order valence-electron chi connectivity index (χ3n) is 7.70. The van der Waals surface area contributed by atoms with E-state index in [9.17, 15) is 14.4 Å². The molecule has 13 nitrogen and oxygen atoms in total. The molecule has 3 amide bonds. The van der Waals surface area contributed by atoms with Gasteiger partial charge in [-0.1, -0.05) is 78.3 Å². The Kier molecular flexibility index (Phi) is 16.5. The van der Waals surface area contributed by atoms with Crippen LogP contribution in [0, 0.1) is 0 Å². The normalized spacial score (nSPS) is 12.8. The quantitative estimate of drug-likeness (QED) is 0.0352. The van der Waals surface area contributed by atoms with E-state index in [1.165, 1.54) is 0 Å². The van der Waals surface area contributed by atoms with Gasteiger partial charge in [0.15, 0.2) is 5.96 Å². The van der Waals surface area contributed by atoms with Crippen LogP contribution in [0.15, 0.2) is 83.9 Å². The van der Waals surface area contributed by atoms with Crippen molar-refractivity contribution in [3.8, 4) is 11.1 Å². The molecule has 0 radical (unpaired) electrons. The molecule has 0 saturated heterocycles. The fourth-order valence-corrected chi connectivity index (χ4v) is 5.18. The number of nitrogens with two attached hydrogens (primary N) is 5. The zero-order valence-electron chi connectivity index (χ0n) is 27.6. The van der Waals surface area contributed by atoms with Crippen LogP contribution >= 0.6 is 11.6 Å². The first-order valence-corrected chi connectivity index (χ1v) is 16.7. The maximum atomic E-state index is 13.7. The topological polar surface area (TPSA) is 242 Å². The molecule has 3 aromatic rings. The molecular weight excluding hydrogens is 644 g/mol. The molecule has 0 saturated carbocycles. The lowest BCUT2D eigenvalue weighted by Gasteiger charge is -2.25. The largest absolute Gasteiger partial charge is 0.370 e. The van der Waals surface area contributed by atoms with Crippen molar-refractivity contribution in [2.75, 3.05) is 19.6 Å². The Labute approximate surface area is 292 Å². The first kappa shape index (κ1) is 38.9. The highest BCUT2D eigenvalue weighted by atomic mass is 35.5. The molecule has 0 heterocycles. The molecule has 3 rings (SSSR count). The molecule has 14 heteroatoms. The summed E-state index contributed by atoms with van der Waals surface area (Å²) in [5, 5.41) is 12.0. The van der Waals surface area contributed by atoms with Crippen molar-refractivity contribution in [1.82, 2.24) is 21.3 Å². The van der Waals surface area contributed by atoms with Gasteiger partial charge < -0.3 is 44.6 Å². The van der Waals surface area contributed by atoms with Gasteiger partial charge in [0.05, 0.1) is 6.04 Å². The minimum Gasteiger partial charge on any atom is -0.370 e. The smallest absolute Gasteiger partial charge is 0.243 e. The molecule has 0 aliphatic rings. The molecular formula is C35H49ClN10O3. The van der Waals surface area contributed by atoms with Crippen molar-refractivity contribution in [3.63, 3.8) is 0 Å². The molecule has 0 aliphatic heterocycles. The third-order valence-corrected chi connectivity index (χ3v) is 7.95. The van der Waals surface area contributed by atoms with Crippen LogP contribution in [-0.4, -0.2) is 67.7 Å². The zero-order chi connectivity index (χ0) is 35.6. The molecule has 0 aliphatic carbocycles. The average Bonchev–Trinajstić information content (AvgIpc) is 3.08. The molecule has 0 unspecified atom stereocenters. The summed E-state index contributed by atoms with van der Waals surface area (Å²) in [6.45, 7) is 1.21. The van der Waals surface area contributed by atoms with E-state index in [0.29, 0.717) is 43.9 Å². The summed E-state index contributed by atoms with van der Waals surface area (Å²) < 4.78 is 0. The number of hydrogen-bond acceptors (Lipinski definition) is 8. The summed E-state index contributed by atoms with van der Waals surface area (Å²) in [5.41, 5.74) is 32.1. The lowest BCUT2D eigenvalue weighted by molar-refractivity contribution is -0.132. The summed E-state index contributed by atoms with van der Waals surface area (Å²) in [4.78, 5) is 44.3. The van der Waals surface area contributed by atoms with E-state index >= 15 is 0 Å². The molecule has 14 N–H and O–H groups in total. The number of nitrogens with zero attached hydrogens (tertiary/aromatic N) is 1. The number of aliphatic imine (C=N–C) groups is 1. The predicted molar refractivity (Wildman–Crippen MR) is 195 cm³/mol. The van der Waals surface area contributed by atoms with E-state index in [2.05, 4.69) is 26.3 Å². The van der Waals surface area contributed by atoms with Gasteiger partial charge in [-0.3, -0.25) is 24.7 Å². The standard InChI is InChI=1S/C35H49ClN10O3/c36-27-16-12-24(13-17-27)22-30(32(48)42-18-4-5-19-43-34(38)39)46-33(49)29(9-6-20-44-35(40)41)45-31(47)28(37)21-23-10-14-26(15-11-23)25-7-2-1-3-8-25/h1-3,7-8,10-17,28-30,35,44H,4-6,9,18-22,37,40-41H2,(H,42,48)(H,45,47)(H,46,49)(H4,38,39,43)/t28-,29-,30-/m0/s1. The number of carbonyl (C=O) groups is 3. The summed E-state index contributed by atoms with van der Waals surface area (Å²) in [6.07, 6.45) is 1.74. The van der Waals surface area contributed by atoms with Crippen molar-refractivity contribution in [1.29, 1.82) is 0 Å². The lowest BCUT2D eigenvalue weighted by Crippen LogP contribution is -2.56. The molecule has 3 aromatic carbocycles. The maximum Gasteiger partial charge on any atom is 0.243 e. The van der Waals surface area contributed by atoms with Gasteiger partial charge in [-0.2, -0.15) is 0 Å². The number of guanidine groups is 1. The van der Waals surface area contributed by atoms with Gasteiger partial charge in [0.25, 0.3) is 0 Å². The van der Waals surface area contributed by atoms with Gasteiger partial charge in [0.1, 0.15) is 18.4 Å². The summed E-state index contributed by atoms with van der Waals surface area (Å²) in [5.74, 6) is -1.37. The summed E-state index contributed by atoms with van der Waals surface area (Å²) in [7, 11) is 0. The fraction of sp³-hybridized carbons (Fsp3) is 0.371. The number of hydrogen-bond donors (Lipinski definition) is 9. The number of nitrogens with one attached hydrogen (secondary N) is 4. The molecule has 49 heavy (non-hydrogen) atoms. The van der Waals surface area contributed by atoms with Crippen molar-refractivity contribution in [2.45, 2.75) is 62.9 Å². The lowest BCUT2D eigenvalue weighted by atomic mass is 10.00. The molecule has 0 bridgehead atoms. The first-order valence-electron chi connectivity index (χ1n) is 16.3. The van der Waals surface area contributed by atoms with Gasteiger partial charge in [0.2, 0.25) is 17.7 Å². The SMILES string of the molecule is NC(N)=NCCCCNC(=O)[C@H](Cc1ccc(Cl)cc1)NC(=O)[C@H](CCCNC(N)N)NC(=O)[C@@H](N)Cc1ccc(-c2ccccc2)cc1. The minimum absolute atomic E-state index is 0.0107. The van der Waals surface area contributed by atoms with Gasteiger partial charge in [0, 0.05) is 24.5 Å². The van der Waals surface area contributed by atoms with Crippen LogP contribution in [0.2, 0.25) is 5.02 Å². The summed E-state index contributed by atoms with van der Waals surface area (Å²) >= 11 is 6.06. The van der Waals surface area contributed by atoms with Crippen molar-refractivity contribution >= 4 is 35.3 Å². The first-order chi connectivity index (χ1) is 23.5. The monoisotopic (exact) mass is 692 g/mol. The van der Waals surface area contributed by atoms with Crippen LogP contribution in [0.3, 0.4) is 0 Å². The van der Waals surface area contributed by atoms with Crippen LogP contribution in [0.1, 0.15) is 36.8 Å². The highest BCUT2D eigenvalue weighted by molar-refractivity contribution is 6.30. The van der Waals surface area contributed by atoms with E-state index in [0.717, 1.165) is 22.3 Å². The van der Waals surface area contributed by atoms with Crippen molar-refractivity contribution in [3.05, 3.63) is 95.0 Å². The maximum absolute atomic E-state index is 13.7. The Morgan fingerprint density at radius 2 is 1.29 bits per heavy atom. The Hall–Kier alpha value is -4.53. The number of unbranched alkanes of at least 4 members (excludes halogenated alkanes) is 1. The van der Waals surface area contributed by atoms with Crippen LogP contribution in [0.25, 0.3) is 11.1 Å². The predicted octanol–water partition coefficient (Wildman–Crippen LogP) is 0.830. The van der Waals surface area contributed by atoms with Gasteiger partial charge in [-0.25, -0.2) is 0 Å². The van der Waals surface area contributed by atoms with E-state index in [1.807, 2.05) is 54.6 Å².